The van der Waals surface area contributed by atoms with Gasteiger partial charge in [0.25, 0.3) is 0 Å². The first-order valence-corrected chi connectivity index (χ1v) is 4.68. The number of nitrogens with one attached hydrogen (secondary N) is 1. The molecule has 1 aliphatic heterocycles. The third kappa shape index (κ3) is 1.53. The highest BCUT2D eigenvalue weighted by molar-refractivity contribution is 8.00. The maximum absolute atomic E-state index is 3.04. The predicted octanol–water partition coefficient (Wildman–Crippen LogP) is 2.79. The van der Waals surface area contributed by atoms with Gasteiger partial charge in [0.2, 0.25) is 0 Å². The molecule has 0 fully saturated rings. The third-order valence-electron chi connectivity index (χ3n) is 1.69. The molecule has 1 heterocycles. The molecule has 1 aromatic carbocycles. The summed E-state index contributed by atoms with van der Waals surface area (Å²) >= 11 is 1.60. The minimum absolute atomic E-state index is 1.26. The van der Waals surface area contributed by atoms with E-state index in [4.69, 9.17) is 0 Å². The van der Waals surface area contributed by atoms with Crippen molar-refractivity contribution in [1.82, 2.24) is 4.72 Å². The monoisotopic (exact) mass is 175 g/mol. The Labute approximate surface area is 76.3 Å². The quantitative estimate of drug-likeness (QED) is 0.659. The lowest BCUT2D eigenvalue weighted by Crippen LogP contribution is -1.93. The van der Waals surface area contributed by atoms with Crippen LogP contribution in [0.25, 0.3) is 5.57 Å². The molecule has 0 aromatic heterocycles. The fraction of sp³-hybridized carbons (Fsp3) is 0. The van der Waals surface area contributed by atoms with E-state index in [-0.39, 0.29) is 0 Å². The summed E-state index contributed by atoms with van der Waals surface area (Å²) < 4.78 is 3.04. The molecule has 0 unspecified atom stereocenters. The van der Waals surface area contributed by atoms with Gasteiger partial charge < -0.3 is 4.72 Å². The van der Waals surface area contributed by atoms with Gasteiger partial charge in [-0.05, 0) is 34.6 Å². The second-order valence-corrected chi connectivity index (χ2v) is 3.22. The molecule has 60 valence electrons. The van der Waals surface area contributed by atoms with E-state index in [1.807, 2.05) is 12.3 Å². The van der Waals surface area contributed by atoms with E-state index in [2.05, 4.69) is 40.5 Å². The Hall–Kier alpha value is -1.15. The molecule has 0 saturated heterocycles. The van der Waals surface area contributed by atoms with E-state index >= 15 is 0 Å². The zero-order valence-corrected chi connectivity index (χ0v) is 7.34. The lowest BCUT2D eigenvalue weighted by atomic mass is 10.1. The van der Waals surface area contributed by atoms with Crippen LogP contribution in [-0.2, 0) is 0 Å². The first-order chi connectivity index (χ1) is 5.97. The molecule has 0 aliphatic carbocycles. The minimum Gasteiger partial charge on any atom is -0.333 e. The van der Waals surface area contributed by atoms with Crippen LogP contribution in [0.2, 0.25) is 0 Å². The molecule has 0 amide bonds. The Morgan fingerprint density at radius 2 is 1.92 bits per heavy atom. The van der Waals surface area contributed by atoms with Crippen molar-refractivity contribution >= 4 is 17.5 Å². The summed E-state index contributed by atoms with van der Waals surface area (Å²) in [5.41, 5.74) is 2.53. The van der Waals surface area contributed by atoms with Crippen molar-refractivity contribution in [3.05, 3.63) is 53.6 Å². The molecule has 2 heteroatoms. The molecular weight excluding hydrogens is 166 g/mol. The molecule has 0 atom stereocenters. The zero-order valence-electron chi connectivity index (χ0n) is 6.53. The summed E-state index contributed by atoms with van der Waals surface area (Å²) in [6.07, 6.45) is 4.03. The molecule has 2 rings (SSSR count). The Bertz CT molecular complexity index is 314. The van der Waals surface area contributed by atoms with Crippen LogP contribution in [0.15, 0.2) is 48.0 Å². The van der Waals surface area contributed by atoms with Crippen LogP contribution < -0.4 is 4.72 Å². The van der Waals surface area contributed by atoms with Gasteiger partial charge in [-0.25, -0.2) is 0 Å². The van der Waals surface area contributed by atoms with E-state index in [0.29, 0.717) is 0 Å². The van der Waals surface area contributed by atoms with Crippen molar-refractivity contribution in [2.45, 2.75) is 0 Å². The van der Waals surface area contributed by atoms with Crippen molar-refractivity contribution in [3.8, 4) is 0 Å². The lowest BCUT2D eigenvalue weighted by Gasteiger charge is -2.06. The smallest absolute Gasteiger partial charge is 0.00818 e. The summed E-state index contributed by atoms with van der Waals surface area (Å²) in [5, 5.41) is 2.11. The fourth-order valence-corrected chi connectivity index (χ4v) is 1.65. The molecule has 12 heavy (non-hydrogen) atoms. The molecule has 1 aliphatic rings. The Balaban J connectivity index is 2.31. The topological polar surface area (TPSA) is 12.0 Å². The molecule has 1 aromatic rings. The van der Waals surface area contributed by atoms with Crippen molar-refractivity contribution in [2.75, 3.05) is 0 Å². The molecule has 0 radical (unpaired) electrons. The molecule has 1 nitrogen and oxygen atoms in total. The van der Waals surface area contributed by atoms with Gasteiger partial charge in [0.15, 0.2) is 0 Å². The molecule has 1 N–H and O–H groups in total. The SMILES string of the molecule is C1=CC(c2ccccc2)=CSN1. The summed E-state index contributed by atoms with van der Waals surface area (Å²) in [5.74, 6) is 0. The van der Waals surface area contributed by atoms with Crippen LogP contribution in [0.3, 0.4) is 0 Å². The standard InChI is InChI=1S/C10H9NS/c1-2-4-9(5-3-1)10-6-7-11-12-8-10/h1-8,11H. The van der Waals surface area contributed by atoms with Gasteiger partial charge in [0, 0.05) is 6.20 Å². The van der Waals surface area contributed by atoms with Gasteiger partial charge in [0.05, 0.1) is 0 Å². The van der Waals surface area contributed by atoms with Crippen LogP contribution in [0, 0.1) is 0 Å². The van der Waals surface area contributed by atoms with Gasteiger partial charge in [-0.3, -0.25) is 0 Å². The maximum atomic E-state index is 3.04. The largest absolute Gasteiger partial charge is 0.333 e. The van der Waals surface area contributed by atoms with Gasteiger partial charge >= 0.3 is 0 Å². The molecule has 0 bridgehead atoms. The first kappa shape index (κ1) is 7.50. The second-order valence-electron chi connectivity index (χ2n) is 2.51. The fourth-order valence-electron chi connectivity index (χ4n) is 1.09. The van der Waals surface area contributed by atoms with Gasteiger partial charge in [0.1, 0.15) is 0 Å². The van der Waals surface area contributed by atoms with Crippen molar-refractivity contribution in [3.63, 3.8) is 0 Å². The number of allylic oxidation sites excluding steroid dienone is 2. The molecule has 0 spiro atoms. The lowest BCUT2D eigenvalue weighted by molar-refractivity contribution is 1.41. The van der Waals surface area contributed by atoms with Crippen LogP contribution >= 0.6 is 11.9 Å². The first-order valence-electron chi connectivity index (χ1n) is 3.80. The highest BCUT2D eigenvalue weighted by atomic mass is 32.2. The van der Waals surface area contributed by atoms with Gasteiger partial charge in [-0.2, -0.15) is 0 Å². The van der Waals surface area contributed by atoms with E-state index in [1.165, 1.54) is 11.1 Å². The van der Waals surface area contributed by atoms with Crippen LogP contribution in [0.4, 0.5) is 0 Å². The molecular formula is C10H9NS. The van der Waals surface area contributed by atoms with E-state index in [1.54, 1.807) is 11.9 Å². The van der Waals surface area contributed by atoms with E-state index in [9.17, 15) is 0 Å². The number of hydrogen-bond acceptors (Lipinski definition) is 2. The van der Waals surface area contributed by atoms with Crippen molar-refractivity contribution < 1.29 is 0 Å². The van der Waals surface area contributed by atoms with Crippen molar-refractivity contribution in [1.29, 1.82) is 0 Å². The minimum atomic E-state index is 1.26. The number of hydrogen-bond donors (Lipinski definition) is 1. The number of rotatable bonds is 1. The maximum Gasteiger partial charge on any atom is 0.00818 e. The average molecular weight is 175 g/mol. The van der Waals surface area contributed by atoms with Crippen LogP contribution in [-0.4, -0.2) is 0 Å². The summed E-state index contributed by atoms with van der Waals surface area (Å²) in [6.45, 7) is 0. The Morgan fingerprint density at radius 1 is 1.08 bits per heavy atom. The van der Waals surface area contributed by atoms with E-state index < -0.39 is 0 Å². The van der Waals surface area contributed by atoms with Gasteiger partial charge in [-0.1, -0.05) is 30.3 Å². The summed E-state index contributed by atoms with van der Waals surface area (Å²) in [7, 11) is 0. The van der Waals surface area contributed by atoms with Gasteiger partial charge in [-0.15, -0.1) is 0 Å². The predicted molar refractivity (Wildman–Crippen MR) is 54.3 cm³/mol. The molecule has 0 saturated carbocycles. The van der Waals surface area contributed by atoms with E-state index in [0.717, 1.165) is 0 Å². The third-order valence-corrected chi connectivity index (χ3v) is 2.34. The summed E-state index contributed by atoms with van der Waals surface area (Å²) in [6, 6.07) is 10.4. The highest BCUT2D eigenvalue weighted by Crippen LogP contribution is 2.20. The summed E-state index contributed by atoms with van der Waals surface area (Å²) in [4.78, 5) is 0. The Morgan fingerprint density at radius 3 is 2.58 bits per heavy atom. The Kier molecular flexibility index (Phi) is 2.19. The number of benzene rings is 1. The average Bonchev–Trinajstić information content (AvgIpc) is 2.21. The normalized spacial score (nSPS) is 15.2. The van der Waals surface area contributed by atoms with Crippen molar-refractivity contribution in [2.24, 2.45) is 0 Å². The highest BCUT2D eigenvalue weighted by Gasteiger charge is 1.98. The zero-order chi connectivity index (χ0) is 8.23. The second kappa shape index (κ2) is 3.50. The van der Waals surface area contributed by atoms with Crippen LogP contribution in [0.1, 0.15) is 5.56 Å². The van der Waals surface area contributed by atoms with Crippen LogP contribution in [0.5, 0.6) is 0 Å².